The van der Waals surface area contributed by atoms with Crippen LogP contribution in [0.5, 0.6) is 0 Å². The van der Waals surface area contributed by atoms with Gasteiger partial charge in [-0.15, -0.1) is 0 Å². The lowest BCUT2D eigenvalue weighted by molar-refractivity contribution is -0.145. The highest BCUT2D eigenvalue weighted by Gasteiger charge is 2.61. The van der Waals surface area contributed by atoms with Crippen LogP contribution >= 0.6 is 0 Å². The number of allylic oxidation sites excluding steroid dienone is 3. The number of rotatable bonds is 0. The van der Waals surface area contributed by atoms with E-state index in [1.807, 2.05) is 6.08 Å². The number of ether oxygens (including phenoxy) is 1. The SMILES string of the molecule is C/C1=C\COC(=O)[C@@H]2[C@H](CC/C(C)=C/CC1)C2(C)C. The second-order valence-corrected chi connectivity index (χ2v) is 6.71. The molecule has 0 saturated heterocycles. The Bertz CT molecular complexity index is 415. The minimum absolute atomic E-state index is 0.0000652. The van der Waals surface area contributed by atoms with Crippen LogP contribution in [0.25, 0.3) is 0 Å². The fourth-order valence-electron chi connectivity index (χ4n) is 3.24. The van der Waals surface area contributed by atoms with Crippen molar-refractivity contribution < 1.29 is 9.53 Å². The number of esters is 1. The predicted octanol–water partition coefficient (Wildman–Crippen LogP) is 4.27. The molecule has 1 heterocycles. The number of cyclic esters (lactones) is 1. The largest absolute Gasteiger partial charge is 0.461 e. The molecule has 2 aliphatic rings. The Morgan fingerprint density at radius 3 is 2.58 bits per heavy atom. The number of fused-ring (bicyclic) bond motifs is 1. The van der Waals surface area contributed by atoms with E-state index in [4.69, 9.17) is 4.74 Å². The van der Waals surface area contributed by atoms with Crippen molar-refractivity contribution in [3.63, 3.8) is 0 Å². The van der Waals surface area contributed by atoms with E-state index in [0.29, 0.717) is 12.5 Å². The topological polar surface area (TPSA) is 26.3 Å². The highest BCUT2D eigenvalue weighted by atomic mass is 16.5. The molecule has 0 bridgehead atoms. The van der Waals surface area contributed by atoms with Gasteiger partial charge in [0.05, 0.1) is 5.92 Å². The maximum Gasteiger partial charge on any atom is 0.310 e. The van der Waals surface area contributed by atoms with Crippen LogP contribution in [0.1, 0.15) is 53.4 Å². The third-order valence-corrected chi connectivity index (χ3v) is 4.84. The number of carbonyl (C=O) groups is 1. The normalized spacial score (nSPS) is 37.2. The van der Waals surface area contributed by atoms with Gasteiger partial charge in [0.25, 0.3) is 0 Å². The summed E-state index contributed by atoms with van der Waals surface area (Å²) >= 11 is 0. The quantitative estimate of drug-likeness (QED) is 0.481. The van der Waals surface area contributed by atoms with Gasteiger partial charge in [-0.2, -0.15) is 0 Å². The van der Waals surface area contributed by atoms with Crippen LogP contribution in [-0.2, 0) is 9.53 Å². The number of hydrogen-bond acceptors (Lipinski definition) is 2. The first-order valence-corrected chi connectivity index (χ1v) is 7.41. The third kappa shape index (κ3) is 3.29. The lowest BCUT2D eigenvalue weighted by Gasteiger charge is -2.05. The van der Waals surface area contributed by atoms with Crippen LogP contribution in [0.3, 0.4) is 0 Å². The molecule has 0 radical (unpaired) electrons. The average molecular weight is 262 g/mol. The molecule has 0 aromatic rings. The Morgan fingerprint density at radius 1 is 1.16 bits per heavy atom. The van der Waals surface area contributed by atoms with Crippen molar-refractivity contribution in [1.82, 2.24) is 0 Å². The lowest BCUT2D eigenvalue weighted by Crippen LogP contribution is -2.11. The molecule has 0 amide bonds. The highest BCUT2D eigenvalue weighted by Crippen LogP contribution is 2.61. The van der Waals surface area contributed by atoms with Gasteiger partial charge in [0.1, 0.15) is 6.61 Å². The third-order valence-electron chi connectivity index (χ3n) is 4.84. The fraction of sp³-hybridized carbons (Fsp3) is 0.706. The van der Waals surface area contributed by atoms with Gasteiger partial charge in [0.15, 0.2) is 0 Å². The van der Waals surface area contributed by atoms with E-state index in [2.05, 4.69) is 33.8 Å². The molecule has 0 aromatic heterocycles. The van der Waals surface area contributed by atoms with E-state index in [1.165, 1.54) is 11.1 Å². The first kappa shape index (κ1) is 14.4. The second kappa shape index (κ2) is 5.52. The minimum Gasteiger partial charge on any atom is -0.461 e. The van der Waals surface area contributed by atoms with Gasteiger partial charge >= 0.3 is 5.97 Å². The minimum atomic E-state index is -0.0000652. The van der Waals surface area contributed by atoms with E-state index in [9.17, 15) is 4.79 Å². The number of carbonyl (C=O) groups excluding carboxylic acids is 1. The first-order valence-electron chi connectivity index (χ1n) is 7.41. The van der Waals surface area contributed by atoms with Crippen molar-refractivity contribution >= 4 is 5.97 Å². The summed E-state index contributed by atoms with van der Waals surface area (Å²) in [5.41, 5.74) is 2.89. The van der Waals surface area contributed by atoms with Crippen LogP contribution in [0.15, 0.2) is 23.3 Å². The van der Waals surface area contributed by atoms with E-state index in [1.54, 1.807) is 0 Å². The van der Waals surface area contributed by atoms with Crippen LogP contribution in [-0.4, -0.2) is 12.6 Å². The standard InChI is InChI=1S/C17H26O2/c1-12-6-5-7-13(2)10-11-19-16(18)15-14(9-8-12)17(15,3)4/h6,10,14-15H,5,7-9,11H2,1-4H3/b12-6+,13-10+/t14-,15-/m0/s1. The second-order valence-electron chi connectivity index (χ2n) is 6.71. The van der Waals surface area contributed by atoms with Gasteiger partial charge in [0, 0.05) is 0 Å². The molecule has 1 fully saturated rings. The van der Waals surface area contributed by atoms with Crippen molar-refractivity contribution in [2.45, 2.75) is 53.4 Å². The molecule has 1 saturated carbocycles. The summed E-state index contributed by atoms with van der Waals surface area (Å²) < 4.78 is 5.41. The Kier molecular flexibility index (Phi) is 4.17. The van der Waals surface area contributed by atoms with Crippen LogP contribution in [0.4, 0.5) is 0 Å². The van der Waals surface area contributed by atoms with E-state index >= 15 is 0 Å². The highest BCUT2D eigenvalue weighted by molar-refractivity contribution is 5.77. The Balaban J connectivity index is 2.08. The molecule has 0 N–H and O–H groups in total. The van der Waals surface area contributed by atoms with Crippen molar-refractivity contribution in [3.8, 4) is 0 Å². The molecule has 2 nitrogen and oxygen atoms in total. The van der Waals surface area contributed by atoms with E-state index < -0.39 is 0 Å². The average Bonchev–Trinajstić information content (AvgIpc) is 2.87. The van der Waals surface area contributed by atoms with Crippen LogP contribution in [0.2, 0.25) is 0 Å². The molecule has 1 aliphatic heterocycles. The first-order chi connectivity index (χ1) is 8.93. The van der Waals surface area contributed by atoms with Gasteiger partial charge in [-0.05, 0) is 56.9 Å². The predicted molar refractivity (Wildman–Crippen MR) is 77.7 cm³/mol. The fourth-order valence-corrected chi connectivity index (χ4v) is 3.24. The Hall–Kier alpha value is -1.05. The number of hydrogen-bond donors (Lipinski definition) is 0. The van der Waals surface area contributed by atoms with Gasteiger partial charge in [0.2, 0.25) is 0 Å². The Morgan fingerprint density at radius 2 is 1.84 bits per heavy atom. The van der Waals surface area contributed by atoms with Crippen LogP contribution < -0.4 is 0 Å². The van der Waals surface area contributed by atoms with Crippen molar-refractivity contribution in [2.75, 3.05) is 6.61 Å². The van der Waals surface area contributed by atoms with E-state index in [-0.39, 0.29) is 17.3 Å². The molecular weight excluding hydrogens is 236 g/mol. The zero-order chi connectivity index (χ0) is 14.0. The monoisotopic (exact) mass is 262 g/mol. The molecule has 106 valence electrons. The van der Waals surface area contributed by atoms with Gasteiger partial charge in [-0.3, -0.25) is 4.79 Å². The molecule has 0 spiro atoms. The smallest absolute Gasteiger partial charge is 0.310 e. The molecule has 1 aliphatic carbocycles. The molecule has 2 atom stereocenters. The molecule has 0 unspecified atom stereocenters. The Labute approximate surface area is 116 Å². The summed E-state index contributed by atoms with van der Waals surface area (Å²) in [4.78, 5) is 12.1. The molecule has 2 heteroatoms. The summed E-state index contributed by atoms with van der Waals surface area (Å²) in [7, 11) is 0. The van der Waals surface area contributed by atoms with Gasteiger partial charge in [-0.1, -0.05) is 31.1 Å². The van der Waals surface area contributed by atoms with Gasteiger partial charge < -0.3 is 4.74 Å². The van der Waals surface area contributed by atoms with E-state index in [0.717, 1.165) is 25.7 Å². The summed E-state index contributed by atoms with van der Waals surface area (Å²) in [5, 5.41) is 0. The van der Waals surface area contributed by atoms with Crippen molar-refractivity contribution in [2.24, 2.45) is 17.3 Å². The summed E-state index contributed by atoms with van der Waals surface area (Å²) in [6.07, 6.45) is 8.78. The molecule has 2 rings (SSSR count). The maximum atomic E-state index is 12.1. The van der Waals surface area contributed by atoms with Crippen molar-refractivity contribution in [1.29, 1.82) is 0 Å². The van der Waals surface area contributed by atoms with Crippen molar-refractivity contribution in [3.05, 3.63) is 23.3 Å². The molecular formula is C17H26O2. The van der Waals surface area contributed by atoms with Gasteiger partial charge in [-0.25, -0.2) is 0 Å². The summed E-state index contributed by atoms with van der Waals surface area (Å²) in [6, 6.07) is 0. The summed E-state index contributed by atoms with van der Waals surface area (Å²) in [6.45, 7) is 9.14. The summed E-state index contributed by atoms with van der Waals surface area (Å²) in [5.74, 6) is 0.601. The molecule has 19 heavy (non-hydrogen) atoms. The molecule has 0 aromatic carbocycles. The lowest BCUT2D eigenvalue weighted by atomic mass is 10.0. The zero-order valence-corrected chi connectivity index (χ0v) is 12.7. The zero-order valence-electron chi connectivity index (χ0n) is 12.7. The van der Waals surface area contributed by atoms with Crippen LogP contribution in [0, 0.1) is 17.3 Å². The maximum absolute atomic E-state index is 12.1.